The van der Waals surface area contributed by atoms with E-state index in [1.165, 1.54) is 205 Å². The molecule has 0 aliphatic rings. The van der Waals surface area contributed by atoms with E-state index in [1.54, 1.807) is 0 Å². The van der Waals surface area contributed by atoms with E-state index in [0.29, 0.717) is 5.25 Å². The van der Waals surface area contributed by atoms with Crippen LogP contribution in [0.1, 0.15) is 233 Å². The van der Waals surface area contributed by atoms with Gasteiger partial charge in [-0.2, -0.15) is 0 Å². The largest absolute Gasteiger partial charge is 0.394 e. The summed E-state index contributed by atoms with van der Waals surface area (Å²) < 4.78 is 19.9. The lowest BCUT2D eigenvalue weighted by molar-refractivity contribution is -0.103. The molecule has 0 aromatic rings. The first-order valence-electron chi connectivity index (χ1n) is 22.8. The Morgan fingerprint density at radius 2 is 0.902 bits per heavy atom. The second-order valence-electron chi connectivity index (χ2n) is 15.8. The Bertz CT molecular complexity index is 660. The third kappa shape index (κ3) is 40.7. The van der Waals surface area contributed by atoms with Crippen molar-refractivity contribution < 1.29 is 13.6 Å². The molecule has 0 bridgehead atoms. The fourth-order valence-electron chi connectivity index (χ4n) is 6.69. The fraction of sp³-hybridized carbons (Fsp3) is 1.00. The molecule has 2 atom stereocenters. The normalized spacial score (nSPS) is 13.3. The van der Waals surface area contributed by atoms with E-state index in [-0.39, 0.29) is 6.29 Å². The number of unbranched alkanes of at least 4 members (excludes halogenated alkanes) is 27. The highest BCUT2D eigenvalue weighted by atomic mass is 79.9. The van der Waals surface area contributed by atoms with Crippen molar-refractivity contribution in [2.45, 2.75) is 257 Å². The Morgan fingerprint density at radius 1 is 0.490 bits per heavy atom. The lowest BCUT2D eigenvalue weighted by Crippen LogP contribution is -2.41. The van der Waals surface area contributed by atoms with Crippen molar-refractivity contribution in [3.8, 4) is 0 Å². The van der Waals surface area contributed by atoms with Gasteiger partial charge in [-0.25, -0.2) is 0 Å². The zero-order valence-electron chi connectivity index (χ0n) is 35.2. The van der Waals surface area contributed by atoms with Gasteiger partial charge in [0.05, 0.1) is 6.61 Å². The number of alkyl halides is 1. The average Bonchev–Trinajstić information content (AvgIpc) is 3.12. The van der Waals surface area contributed by atoms with Gasteiger partial charge in [0.15, 0.2) is 0 Å². The van der Waals surface area contributed by atoms with Gasteiger partial charge in [0, 0.05) is 22.9 Å². The van der Waals surface area contributed by atoms with E-state index in [9.17, 15) is 0 Å². The molecular formula is C44H91BrO3S2Si. The maximum atomic E-state index is 6.77. The first kappa shape index (κ1) is 52.3. The first-order chi connectivity index (χ1) is 25.0. The van der Waals surface area contributed by atoms with Crippen molar-refractivity contribution in [3.05, 3.63) is 0 Å². The van der Waals surface area contributed by atoms with Crippen molar-refractivity contribution >= 4 is 46.1 Å². The molecule has 7 heteroatoms. The molecule has 0 fully saturated rings. The molecule has 0 N–H and O–H groups in total. The maximum absolute atomic E-state index is 6.77. The summed E-state index contributed by atoms with van der Waals surface area (Å²) in [6.45, 7) is 13.0. The van der Waals surface area contributed by atoms with Gasteiger partial charge in [0.1, 0.15) is 6.29 Å². The lowest BCUT2D eigenvalue weighted by atomic mass is 10.0. The van der Waals surface area contributed by atoms with Crippen LogP contribution in [0.15, 0.2) is 0 Å². The molecule has 308 valence electrons. The van der Waals surface area contributed by atoms with E-state index >= 15 is 0 Å². The molecule has 0 aliphatic heterocycles. The van der Waals surface area contributed by atoms with Crippen LogP contribution < -0.4 is 0 Å². The van der Waals surface area contributed by atoms with Crippen LogP contribution in [-0.4, -0.2) is 44.4 Å². The maximum Gasteiger partial charge on any atom is 0.333 e. The average molecular weight is 840 g/mol. The third-order valence-electron chi connectivity index (χ3n) is 10.1. The smallest absolute Gasteiger partial charge is 0.333 e. The molecular weight excluding hydrogens is 749 g/mol. The van der Waals surface area contributed by atoms with Crippen LogP contribution in [0.5, 0.6) is 0 Å². The van der Waals surface area contributed by atoms with Crippen LogP contribution in [0.2, 0.25) is 13.1 Å². The summed E-state index contributed by atoms with van der Waals surface area (Å²) in [6, 6.07) is 0. The van der Waals surface area contributed by atoms with Crippen molar-refractivity contribution in [1.29, 1.82) is 0 Å². The topological polar surface area (TPSA) is 27.7 Å². The minimum absolute atomic E-state index is 0.127. The summed E-state index contributed by atoms with van der Waals surface area (Å²) in [7, 11) is 1.96. The minimum atomic E-state index is -2.26. The molecule has 0 saturated carbocycles. The molecule has 0 spiro atoms. The van der Waals surface area contributed by atoms with Crippen LogP contribution >= 0.6 is 37.5 Å². The molecule has 0 saturated heterocycles. The zero-order valence-corrected chi connectivity index (χ0v) is 39.5. The lowest BCUT2D eigenvalue weighted by Gasteiger charge is -2.30. The van der Waals surface area contributed by atoms with Crippen LogP contribution in [-0.2, 0) is 13.6 Å². The quantitative estimate of drug-likeness (QED) is 0.0200. The predicted octanol–water partition coefficient (Wildman–Crippen LogP) is 17.1. The standard InChI is InChI=1S/C44H91BrO3S2Si/c1-6-9-12-15-18-20-21-22-23-24-25-28-33-38-44(48-51(4,5)47-40-35-30-29-34-39-45)46-42-43(37-32-27-17-14-11-8-3)50-49-41-36-31-26-19-16-13-10-7-2/h43-44H,6-42H2,1-5H3. The van der Waals surface area contributed by atoms with Gasteiger partial charge in [-0.05, 0) is 51.6 Å². The van der Waals surface area contributed by atoms with Gasteiger partial charge in [-0.1, -0.05) is 232 Å². The second-order valence-corrected chi connectivity index (χ2v) is 22.7. The van der Waals surface area contributed by atoms with Gasteiger partial charge in [-0.15, -0.1) is 0 Å². The summed E-state index contributed by atoms with van der Waals surface area (Å²) in [5.41, 5.74) is 0. The van der Waals surface area contributed by atoms with E-state index < -0.39 is 8.56 Å². The summed E-state index contributed by atoms with van der Waals surface area (Å²) in [4.78, 5) is 0. The highest BCUT2D eigenvalue weighted by molar-refractivity contribution is 9.09. The van der Waals surface area contributed by atoms with Crippen LogP contribution in [0.3, 0.4) is 0 Å². The third-order valence-corrected chi connectivity index (χ3v) is 15.3. The fourth-order valence-corrected chi connectivity index (χ4v) is 11.3. The van der Waals surface area contributed by atoms with E-state index in [0.717, 1.165) is 31.4 Å². The molecule has 3 nitrogen and oxygen atoms in total. The molecule has 0 aromatic heterocycles. The number of hydrogen-bond donors (Lipinski definition) is 0. The van der Waals surface area contributed by atoms with Gasteiger partial charge in [0.2, 0.25) is 0 Å². The summed E-state index contributed by atoms with van der Waals surface area (Å²) in [5.74, 6) is 1.27. The van der Waals surface area contributed by atoms with Gasteiger partial charge < -0.3 is 13.6 Å². The number of ether oxygens (including phenoxy) is 1. The Balaban J connectivity index is 4.82. The molecule has 0 radical (unpaired) electrons. The molecule has 0 aromatic carbocycles. The van der Waals surface area contributed by atoms with Crippen LogP contribution in [0.25, 0.3) is 0 Å². The SMILES string of the molecule is CCCCCCCCCCCCCCCC(OCC(CCCCCCCC)SSCCCCCCCCCC)O[Si](C)(C)OCCCCCCBr. The molecule has 0 heterocycles. The summed E-state index contributed by atoms with van der Waals surface area (Å²) >= 11 is 3.56. The molecule has 0 aliphatic carbocycles. The highest BCUT2D eigenvalue weighted by Crippen LogP contribution is 2.32. The van der Waals surface area contributed by atoms with Gasteiger partial charge in [0.25, 0.3) is 0 Å². The van der Waals surface area contributed by atoms with Crippen LogP contribution in [0, 0.1) is 0 Å². The summed E-state index contributed by atoms with van der Waals surface area (Å²) in [6.07, 6.45) is 44.4. The monoisotopic (exact) mass is 839 g/mol. The first-order valence-corrected chi connectivity index (χ1v) is 29.1. The zero-order chi connectivity index (χ0) is 37.4. The Hall–Kier alpha value is 1.28. The van der Waals surface area contributed by atoms with Crippen molar-refractivity contribution in [1.82, 2.24) is 0 Å². The second kappa shape index (κ2) is 42.4. The van der Waals surface area contributed by atoms with Crippen LogP contribution in [0.4, 0.5) is 0 Å². The van der Waals surface area contributed by atoms with Gasteiger partial charge in [-0.3, -0.25) is 0 Å². The summed E-state index contributed by atoms with van der Waals surface area (Å²) in [5, 5.41) is 1.65. The number of rotatable bonds is 44. The van der Waals surface area contributed by atoms with E-state index in [1.807, 2.05) is 0 Å². The van der Waals surface area contributed by atoms with Crippen molar-refractivity contribution in [3.63, 3.8) is 0 Å². The molecule has 2 unspecified atom stereocenters. The number of halogens is 1. The molecule has 51 heavy (non-hydrogen) atoms. The Morgan fingerprint density at radius 3 is 1.39 bits per heavy atom. The number of hydrogen-bond acceptors (Lipinski definition) is 5. The Labute approximate surface area is 339 Å². The van der Waals surface area contributed by atoms with Crippen molar-refractivity contribution in [2.24, 2.45) is 0 Å². The van der Waals surface area contributed by atoms with Crippen molar-refractivity contribution in [2.75, 3.05) is 24.3 Å². The molecule has 0 amide bonds. The van der Waals surface area contributed by atoms with E-state index in [2.05, 4.69) is 71.4 Å². The Kier molecular flexibility index (Phi) is 43.5. The minimum Gasteiger partial charge on any atom is -0.394 e. The predicted molar refractivity (Wildman–Crippen MR) is 241 cm³/mol. The highest BCUT2D eigenvalue weighted by Gasteiger charge is 2.29. The van der Waals surface area contributed by atoms with Gasteiger partial charge >= 0.3 is 8.56 Å². The van der Waals surface area contributed by atoms with E-state index in [4.69, 9.17) is 13.6 Å². The molecule has 0 rings (SSSR count).